The maximum absolute atomic E-state index is 3.23. The molecule has 1 saturated heterocycles. The fourth-order valence-corrected chi connectivity index (χ4v) is 2.51. The van der Waals surface area contributed by atoms with Crippen LogP contribution < -0.4 is 4.83 Å². The predicted molar refractivity (Wildman–Crippen MR) is 46.6 cm³/mol. The Morgan fingerprint density at radius 1 is 1.50 bits per heavy atom. The standard InChI is InChI=1S/C7H16N2S/c1-7(2,3)6-5-10-8-9(6)4/h6,8H,5H2,1-4H3. The summed E-state index contributed by atoms with van der Waals surface area (Å²) in [6.07, 6.45) is 0. The van der Waals surface area contributed by atoms with E-state index in [1.165, 1.54) is 5.75 Å². The van der Waals surface area contributed by atoms with Crippen molar-refractivity contribution in [2.75, 3.05) is 12.8 Å². The first-order valence-electron chi connectivity index (χ1n) is 3.62. The molecule has 1 aliphatic heterocycles. The van der Waals surface area contributed by atoms with Crippen LogP contribution in [0.3, 0.4) is 0 Å². The molecule has 2 nitrogen and oxygen atoms in total. The minimum absolute atomic E-state index is 0.394. The molecule has 0 aromatic carbocycles. The predicted octanol–water partition coefficient (Wildman–Crippen LogP) is 1.50. The zero-order valence-electron chi connectivity index (χ0n) is 7.14. The van der Waals surface area contributed by atoms with Crippen molar-refractivity contribution < 1.29 is 0 Å². The Balaban J connectivity index is 2.55. The Bertz CT molecular complexity index is 119. The van der Waals surface area contributed by atoms with Crippen molar-refractivity contribution in [3.8, 4) is 0 Å². The van der Waals surface area contributed by atoms with Crippen molar-refractivity contribution >= 4 is 11.9 Å². The van der Waals surface area contributed by atoms with Crippen LogP contribution in [-0.4, -0.2) is 23.9 Å². The van der Waals surface area contributed by atoms with Crippen LogP contribution in [0.25, 0.3) is 0 Å². The second-order valence-corrected chi connectivity index (χ2v) is 4.70. The molecule has 0 amide bonds. The first kappa shape index (κ1) is 8.37. The molecule has 0 saturated carbocycles. The lowest BCUT2D eigenvalue weighted by molar-refractivity contribution is 0.144. The summed E-state index contributed by atoms with van der Waals surface area (Å²) >= 11 is 1.79. The van der Waals surface area contributed by atoms with Gasteiger partial charge in [0.05, 0.1) is 0 Å². The van der Waals surface area contributed by atoms with Crippen molar-refractivity contribution in [3.63, 3.8) is 0 Å². The van der Waals surface area contributed by atoms with Gasteiger partial charge in [-0.05, 0) is 5.41 Å². The molecule has 0 aromatic heterocycles. The highest BCUT2D eigenvalue weighted by atomic mass is 32.2. The van der Waals surface area contributed by atoms with E-state index < -0.39 is 0 Å². The second-order valence-electron chi connectivity index (χ2n) is 3.90. The molecule has 1 atom stereocenters. The molecule has 0 aliphatic carbocycles. The molecule has 1 fully saturated rings. The highest BCUT2D eigenvalue weighted by Gasteiger charge is 2.32. The summed E-state index contributed by atoms with van der Waals surface area (Å²) in [5.74, 6) is 1.19. The molecule has 1 aliphatic rings. The molecule has 0 bridgehead atoms. The van der Waals surface area contributed by atoms with Crippen molar-refractivity contribution in [1.82, 2.24) is 9.84 Å². The highest BCUT2D eigenvalue weighted by molar-refractivity contribution is 7.97. The zero-order valence-corrected chi connectivity index (χ0v) is 7.96. The van der Waals surface area contributed by atoms with E-state index in [4.69, 9.17) is 0 Å². The number of nitrogens with zero attached hydrogens (tertiary/aromatic N) is 1. The molecule has 1 heterocycles. The summed E-state index contributed by atoms with van der Waals surface area (Å²) in [7, 11) is 2.11. The van der Waals surface area contributed by atoms with Crippen LogP contribution in [-0.2, 0) is 0 Å². The minimum Gasteiger partial charge on any atom is -0.233 e. The van der Waals surface area contributed by atoms with Gasteiger partial charge in [0, 0.05) is 18.8 Å². The second kappa shape index (κ2) is 2.72. The Morgan fingerprint density at radius 2 is 2.10 bits per heavy atom. The van der Waals surface area contributed by atoms with Crippen molar-refractivity contribution in [2.45, 2.75) is 26.8 Å². The summed E-state index contributed by atoms with van der Waals surface area (Å²) in [5, 5.41) is 2.20. The first-order chi connectivity index (χ1) is 4.52. The lowest BCUT2D eigenvalue weighted by Crippen LogP contribution is -2.41. The van der Waals surface area contributed by atoms with Gasteiger partial charge in [0.15, 0.2) is 0 Å². The highest BCUT2D eigenvalue weighted by Crippen LogP contribution is 2.29. The van der Waals surface area contributed by atoms with Gasteiger partial charge in [-0.3, -0.25) is 0 Å². The Kier molecular flexibility index (Phi) is 2.28. The van der Waals surface area contributed by atoms with Crippen LogP contribution >= 0.6 is 11.9 Å². The van der Waals surface area contributed by atoms with Gasteiger partial charge in [-0.25, -0.2) is 5.01 Å². The van der Waals surface area contributed by atoms with Gasteiger partial charge < -0.3 is 0 Å². The van der Waals surface area contributed by atoms with Crippen LogP contribution in [0.2, 0.25) is 0 Å². The Morgan fingerprint density at radius 3 is 2.30 bits per heavy atom. The molecule has 0 aromatic rings. The van der Waals surface area contributed by atoms with E-state index in [1.807, 2.05) is 0 Å². The van der Waals surface area contributed by atoms with Crippen molar-refractivity contribution in [3.05, 3.63) is 0 Å². The topological polar surface area (TPSA) is 15.3 Å². The third-order valence-electron chi connectivity index (χ3n) is 1.92. The molecule has 1 rings (SSSR count). The molecule has 0 radical (unpaired) electrons. The van der Waals surface area contributed by atoms with Gasteiger partial charge in [-0.1, -0.05) is 32.7 Å². The normalized spacial score (nSPS) is 29.4. The number of hydrogen-bond donors (Lipinski definition) is 1. The van der Waals surface area contributed by atoms with Crippen molar-refractivity contribution in [1.29, 1.82) is 0 Å². The number of hydrogen-bond acceptors (Lipinski definition) is 3. The smallest absolute Gasteiger partial charge is 0.0401 e. The van der Waals surface area contributed by atoms with E-state index in [9.17, 15) is 0 Å². The van der Waals surface area contributed by atoms with E-state index in [0.717, 1.165) is 0 Å². The minimum atomic E-state index is 0.394. The van der Waals surface area contributed by atoms with E-state index in [2.05, 4.69) is 37.7 Å². The molecule has 10 heavy (non-hydrogen) atoms. The molecule has 3 heteroatoms. The molecule has 1 unspecified atom stereocenters. The van der Waals surface area contributed by atoms with E-state index >= 15 is 0 Å². The summed E-state index contributed by atoms with van der Waals surface area (Å²) in [6.45, 7) is 6.84. The third-order valence-corrected chi connectivity index (χ3v) is 2.82. The van der Waals surface area contributed by atoms with Gasteiger partial charge >= 0.3 is 0 Å². The maximum Gasteiger partial charge on any atom is 0.0401 e. The first-order valence-corrected chi connectivity index (χ1v) is 4.60. The molecule has 60 valence electrons. The van der Waals surface area contributed by atoms with Gasteiger partial charge in [0.1, 0.15) is 0 Å². The zero-order chi connectivity index (χ0) is 7.78. The van der Waals surface area contributed by atoms with Crippen LogP contribution in [0.4, 0.5) is 0 Å². The van der Waals surface area contributed by atoms with Gasteiger partial charge in [0.25, 0.3) is 0 Å². The average Bonchev–Trinajstić information content (AvgIpc) is 2.11. The van der Waals surface area contributed by atoms with E-state index in [0.29, 0.717) is 11.5 Å². The summed E-state index contributed by atoms with van der Waals surface area (Å²) in [6, 6.07) is 0.664. The fourth-order valence-electron chi connectivity index (χ4n) is 1.22. The third kappa shape index (κ3) is 1.65. The van der Waals surface area contributed by atoms with E-state index in [1.54, 1.807) is 11.9 Å². The molecule has 0 spiro atoms. The largest absolute Gasteiger partial charge is 0.233 e. The monoisotopic (exact) mass is 160 g/mol. The van der Waals surface area contributed by atoms with Gasteiger partial charge in [-0.2, -0.15) is 4.83 Å². The summed E-state index contributed by atoms with van der Waals surface area (Å²) < 4.78 is 0. The van der Waals surface area contributed by atoms with Crippen LogP contribution in [0.15, 0.2) is 0 Å². The molecular weight excluding hydrogens is 144 g/mol. The Labute approximate surface area is 67.5 Å². The fraction of sp³-hybridized carbons (Fsp3) is 1.00. The van der Waals surface area contributed by atoms with Crippen molar-refractivity contribution in [2.24, 2.45) is 5.41 Å². The van der Waals surface area contributed by atoms with Gasteiger partial charge in [0.2, 0.25) is 0 Å². The van der Waals surface area contributed by atoms with Gasteiger partial charge in [-0.15, -0.1) is 0 Å². The number of hydrazine groups is 1. The van der Waals surface area contributed by atoms with Crippen LogP contribution in [0, 0.1) is 5.41 Å². The average molecular weight is 160 g/mol. The van der Waals surface area contributed by atoms with Crippen LogP contribution in [0.1, 0.15) is 20.8 Å². The maximum atomic E-state index is 3.23. The Hall–Kier alpha value is 0.270. The SMILES string of the molecule is CN1NSCC1C(C)(C)C. The quantitative estimate of drug-likeness (QED) is 0.541. The molecular formula is C7H16N2S. The lowest BCUT2D eigenvalue weighted by Gasteiger charge is -2.30. The summed E-state index contributed by atoms with van der Waals surface area (Å²) in [5.41, 5.74) is 0.394. The summed E-state index contributed by atoms with van der Waals surface area (Å²) in [4.78, 5) is 3.23. The van der Waals surface area contributed by atoms with E-state index in [-0.39, 0.29) is 0 Å². The molecule has 1 N–H and O–H groups in total. The number of rotatable bonds is 0. The number of nitrogens with one attached hydrogen (secondary N) is 1. The lowest BCUT2D eigenvalue weighted by atomic mass is 9.88. The van der Waals surface area contributed by atoms with Crippen LogP contribution in [0.5, 0.6) is 0 Å².